The maximum atomic E-state index is 11.4. The predicted octanol–water partition coefficient (Wildman–Crippen LogP) is 1.27. The zero-order valence-electron chi connectivity index (χ0n) is 11.4. The fraction of sp³-hybridized carbons (Fsp3) is 0.286. The lowest BCUT2D eigenvalue weighted by molar-refractivity contribution is 0.415. The van der Waals surface area contributed by atoms with Gasteiger partial charge in [0.25, 0.3) is 5.56 Å². The minimum Gasteiger partial charge on any atom is -0.497 e. The van der Waals surface area contributed by atoms with Gasteiger partial charge in [-0.05, 0) is 37.2 Å². The van der Waals surface area contributed by atoms with Crippen LogP contribution in [0.15, 0.2) is 41.5 Å². The first-order chi connectivity index (χ1) is 9.74. The molecule has 0 fully saturated rings. The Morgan fingerprint density at radius 2 is 2.10 bits per heavy atom. The maximum absolute atomic E-state index is 11.4. The van der Waals surface area contributed by atoms with Gasteiger partial charge in [-0.25, -0.2) is 4.98 Å². The van der Waals surface area contributed by atoms with Crippen LogP contribution in [0, 0.1) is 0 Å². The monoisotopic (exact) mass is 274 g/mol. The predicted molar refractivity (Wildman–Crippen MR) is 78.5 cm³/mol. The zero-order valence-corrected chi connectivity index (χ0v) is 11.4. The Labute approximate surface area is 117 Å². The molecule has 2 rings (SSSR count). The fourth-order valence-electron chi connectivity index (χ4n) is 1.89. The number of nitrogens with zero attached hydrogens (tertiary/aromatic N) is 2. The normalized spacial score (nSPS) is 10.3. The van der Waals surface area contributed by atoms with Crippen molar-refractivity contribution in [2.45, 2.75) is 6.42 Å². The number of anilines is 2. The van der Waals surface area contributed by atoms with E-state index < -0.39 is 0 Å². The Morgan fingerprint density at radius 3 is 2.70 bits per heavy atom. The third kappa shape index (κ3) is 3.36. The number of rotatable bonds is 6. The second-order valence-electron chi connectivity index (χ2n) is 4.26. The summed E-state index contributed by atoms with van der Waals surface area (Å²) < 4.78 is 5.15. The van der Waals surface area contributed by atoms with Crippen molar-refractivity contribution in [1.29, 1.82) is 0 Å². The van der Waals surface area contributed by atoms with Crippen LogP contribution < -0.4 is 20.9 Å². The van der Waals surface area contributed by atoms with E-state index in [9.17, 15) is 4.79 Å². The van der Waals surface area contributed by atoms with E-state index >= 15 is 0 Å². The highest BCUT2D eigenvalue weighted by molar-refractivity contribution is 5.60. The van der Waals surface area contributed by atoms with Crippen LogP contribution in [0.5, 0.6) is 5.75 Å². The number of benzene rings is 1. The molecule has 1 aromatic carbocycles. The summed E-state index contributed by atoms with van der Waals surface area (Å²) in [6.07, 6.45) is 2.21. The summed E-state index contributed by atoms with van der Waals surface area (Å²) in [5.74, 6) is 1.39. The number of aromatic amines is 1. The summed E-state index contributed by atoms with van der Waals surface area (Å²) in [7, 11) is 1.62. The number of ether oxygens (including phenoxy) is 1. The summed E-state index contributed by atoms with van der Waals surface area (Å²) in [5.41, 5.74) is 6.34. The van der Waals surface area contributed by atoms with Crippen LogP contribution in [0.25, 0.3) is 0 Å². The topological polar surface area (TPSA) is 84.2 Å². The van der Waals surface area contributed by atoms with Crippen LogP contribution in [0.3, 0.4) is 0 Å². The highest BCUT2D eigenvalue weighted by Gasteiger charge is 2.10. The molecule has 0 radical (unpaired) electrons. The quantitative estimate of drug-likeness (QED) is 0.828. The van der Waals surface area contributed by atoms with Crippen molar-refractivity contribution < 1.29 is 4.74 Å². The molecule has 2 aromatic rings. The van der Waals surface area contributed by atoms with Gasteiger partial charge in [-0.3, -0.25) is 4.79 Å². The highest BCUT2D eigenvalue weighted by atomic mass is 16.5. The smallest absolute Gasteiger partial charge is 0.252 e. The molecule has 6 nitrogen and oxygen atoms in total. The van der Waals surface area contributed by atoms with E-state index in [2.05, 4.69) is 9.97 Å². The van der Waals surface area contributed by atoms with Gasteiger partial charge >= 0.3 is 0 Å². The number of hydrogen-bond donors (Lipinski definition) is 2. The molecule has 0 aliphatic carbocycles. The molecule has 106 valence electrons. The SMILES string of the molecule is COc1ccc(N(CCCN)c2cc(=O)[nH]cn2)cc1. The molecular formula is C14H18N4O2. The van der Waals surface area contributed by atoms with E-state index in [0.29, 0.717) is 18.9 Å². The number of H-pyrrole nitrogens is 1. The third-order valence-corrected chi connectivity index (χ3v) is 2.91. The number of nitrogens with one attached hydrogen (secondary N) is 1. The van der Waals surface area contributed by atoms with Gasteiger partial charge in [0.1, 0.15) is 11.6 Å². The van der Waals surface area contributed by atoms with Gasteiger partial charge in [0.05, 0.1) is 13.4 Å². The maximum Gasteiger partial charge on any atom is 0.252 e. The van der Waals surface area contributed by atoms with Gasteiger partial charge in [0.2, 0.25) is 0 Å². The van der Waals surface area contributed by atoms with Crippen molar-refractivity contribution in [3.8, 4) is 5.75 Å². The van der Waals surface area contributed by atoms with Crippen molar-refractivity contribution in [2.24, 2.45) is 5.73 Å². The van der Waals surface area contributed by atoms with Crippen molar-refractivity contribution >= 4 is 11.5 Å². The van der Waals surface area contributed by atoms with Gasteiger partial charge in [-0.2, -0.15) is 0 Å². The average Bonchev–Trinajstić information content (AvgIpc) is 2.48. The molecule has 0 amide bonds. The third-order valence-electron chi connectivity index (χ3n) is 2.91. The minimum atomic E-state index is -0.179. The molecule has 0 saturated heterocycles. The Bertz CT molecular complexity index is 595. The lowest BCUT2D eigenvalue weighted by atomic mass is 10.2. The molecule has 0 aliphatic heterocycles. The first kappa shape index (κ1) is 14.1. The standard InChI is InChI=1S/C14H18N4O2/c1-20-12-5-3-11(4-6-12)18(8-2-7-15)13-9-14(19)17-10-16-13/h3-6,9-10H,2,7-8,15H2,1H3,(H,16,17,19). The first-order valence-electron chi connectivity index (χ1n) is 6.41. The van der Waals surface area contributed by atoms with E-state index in [1.807, 2.05) is 29.2 Å². The molecule has 3 N–H and O–H groups in total. The lowest BCUT2D eigenvalue weighted by Crippen LogP contribution is -2.23. The lowest BCUT2D eigenvalue weighted by Gasteiger charge is -2.23. The van der Waals surface area contributed by atoms with Gasteiger partial charge in [-0.15, -0.1) is 0 Å². The Kier molecular flexibility index (Phi) is 4.73. The van der Waals surface area contributed by atoms with Gasteiger partial charge in [0, 0.05) is 18.3 Å². The van der Waals surface area contributed by atoms with Crippen molar-refractivity contribution in [2.75, 3.05) is 25.1 Å². The zero-order chi connectivity index (χ0) is 14.4. The average molecular weight is 274 g/mol. The summed E-state index contributed by atoms with van der Waals surface area (Å²) in [6, 6.07) is 9.08. The summed E-state index contributed by atoms with van der Waals surface area (Å²) in [6.45, 7) is 1.27. The van der Waals surface area contributed by atoms with Crippen molar-refractivity contribution in [3.63, 3.8) is 0 Å². The molecule has 0 unspecified atom stereocenters. The molecule has 0 bridgehead atoms. The van der Waals surface area contributed by atoms with Crippen molar-refractivity contribution in [1.82, 2.24) is 9.97 Å². The van der Waals surface area contributed by atoms with E-state index in [0.717, 1.165) is 17.9 Å². The molecular weight excluding hydrogens is 256 g/mol. The highest BCUT2D eigenvalue weighted by Crippen LogP contribution is 2.24. The molecule has 0 saturated carbocycles. The van der Waals surface area contributed by atoms with Crippen LogP contribution >= 0.6 is 0 Å². The summed E-state index contributed by atoms with van der Waals surface area (Å²) in [5, 5.41) is 0. The Balaban J connectivity index is 2.33. The van der Waals surface area contributed by atoms with Gasteiger partial charge in [0.15, 0.2) is 0 Å². The Hall–Kier alpha value is -2.34. The Morgan fingerprint density at radius 1 is 1.35 bits per heavy atom. The fourth-order valence-corrected chi connectivity index (χ4v) is 1.89. The van der Waals surface area contributed by atoms with Crippen LogP contribution in [-0.2, 0) is 0 Å². The second-order valence-corrected chi connectivity index (χ2v) is 4.26. The van der Waals surface area contributed by atoms with Crippen molar-refractivity contribution in [3.05, 3.63) is 47.0 Å². The first-order valence-corrected chi connectivity index (χ1v) is 6.41. The van der Waals surface area contributed by atoms with Gasteiger partial charge in [-0.1, -0.05) is 0 Å². The van der Waals surface area contributed by atoms with E-state index in [1.54, 1.807) is 7.11 Å². The van der Waals surface area contributed by atoms with Crippen LogP contribution in [0.1, 0.15) is 6.42 Å². The van der Waals surface area contributed by atoms with Gasteiger partial charge < -0.3 is 20.4 Å². The second kappa shape index (κ2) is 6.72. The molecule has 1 heterocycles. The number of aromatic nitrogens is 2. The molecule has 6 heteroatoms. The summed E-state index contributed by atoms with van der Waals surface area (Å²) >= 11 is 0. The molecule has 1 aromatic heterocycles. The van der Waals surface area contributed by atoms with E-state index in [1.165, 1.54) is 12.4 Å². The van der Waals surface area contributed by atoms with Crippen LogP contribution in [0.2, 0.25) is 0 Å². The largest absolute Gasteiger partial charge is 0.497 e. The number of nitrogens with two attached hydrogens (primary N) is 1. The molecule has 20 heavy (non-hydrogen) atoms. The molecule has 0 spiro atoms. The van der Waals surface area contributed by atoms with E-state index in [4.69, 9.17) is 10.5 Å². The number of methoxy groups -OCH3 is 1. The number of hydrogen-bond acceptors (Lipinski definition) is 5. The molecule has 0 atom stereocenters. The van der Waals surface area contributed by atoms with Crippen LogP contribution in [-0.4, -0.2) is 30.2 Å². The minimum absolute atomic E-state index is 0.179. The molecule has 0 aliphatic rings. The van der Waals surface area contributed by atoms with Crippen LogP contribution in [0.4, 0.5) is 11.5 Å². The van der Waals surface area contributed by atoms with E-state index in [-0.39, 0.29) is 5.56 Å². The summed E-state index contributed by atoms with van der Waals surface area (Å²) in [4.78, 5) is 20.1.